The van der Waals surface area contributed by atoms with Crippen molar-refractivity contribution in [2.75, 3.05) is 11.9 Å². The normalized spacial score (nSPS) is 10.3. The summed E-state index contributed by atoms with van der Waals surface area (Å²) in [6.07, 6.45) is 6.53. The molecule has 0 bridgehead atoms. The van der Waals surface area contributed by atoms with Crippen LogP contribution in [-0.2, 0) is 4.79 Å². The number of nitrogens with zero attached hydrogens (tertiary/aromatic N) is 1. The highest BCUT2D eigenvalue weighted by molar-refractivity contribution is 6.10. The van der Waals surface area contributed by atoms with E-state index < -0.39 is 11.9 Å². The van der Waals surface area contributed by atoms with E-state index in [0.717, 1.165) is 0 Å². The van der Waals surface area contributed by atoms with Gasteiger partial charge >= 0.3 is 5.97 Å². The molecule has 0 saturated carbocycles. The fraction of sp³-hybridized carbons (Fsp3) is 0.0500. The van der Waals surface area contributed by atoms with Crippen molar-refractivity contribution in [2.24, 2.45) is 0 Å². The molecule has 2 aromatic rings. The number of carboxylic acids is 1. The average molecular weight is 346 g/mol. The van der Waals surface area contributed by atoms with Crippen LogP contribution >= 0.6 is 0 Å². The zero-order valence-corrected chi connectivity index (χ0v) is 13.6. The van der Waals surface area contributed by atoms with Crippen LogP contribution in [0.2, 0.25) is 0 Å². The van der Waals surface area contributed by atoms with Gasteiger partial charge in [0.05, 0.1) is 5.56 Å². The summed E-state index contributed by atoms with van der Waals surface area (Å²) in [5.74, 6) is 1.19. The maximum absolute atomic E-state index is 12.2. The summed E-state index contributed by atoms with van der Waals surface area (Å²) >= 11 is 0. The number of aromatic carboxylic acids is 1. The summed E-state index contributed by atoms with van der Waals surface area (Å²) in [5.41, 5.74) is 0.828. The Morgan fingerprint density at radius 2 is 1.96 bits per heavy atom. The highest BCUT2D eigenvalue weighted by atomic mass is 16.5. The molecule has 1 amide bonds. The Labute approximate surface area is 150 Å². The first kappa shape index (κ1) is 18.3. The highest BCUT2D eigenvalue weighted by Crippen LogP contribution is 2.16. The predicted octanol–water partition coefficient (Wildman–Crippen LogP) is 2.94. The van der Waals surface area contributed by atoms with Gasteiger partial charge in [0.15, 0.2) is 0 Å². The van der Waals surface area contributed by atoms with Crippen molar-refractivity contribution in [2.45, 2.75) is 0 Å². The zero-order valence-electron chi connectivity index (χ0n) is 13.6. The first-order valence-corrected chi connectivity index (χ1v) is 7.46. The summed E-state index contributed by atoms with van der Waals surface area (Å²) in [5, 5.41) is 20.7. The summed E-state index contributed by atoms with van der Waals surface area (Å²) in [7, 11) is 0. The molecule has 0 aromatic heterocycles. The molecule has 0 radical (unpaired) electrons. The van der Waals surface area contributed by atoms with Crippen LogP contribution in [0, 0.1) is 23.7 Å². The standard InChI is InChI=1S/C20H14N2O4/c1-2-10-26-18-8-6-14(7-9-18)11-16(13-21)19(23)22-17-5-3-4-15(12-17)20(24)25/h1,3-9,11-12H,10H2,(H,22,23)(H,24,25)/b16-11-. The van der Waals surface area contributed by atoms with Crippen molar-refractivity contribution in [1.82, 2.24) is 0 Å². The Hall–Kier alpha value is -4.03. The Kier molecular flexibility index (Phi) is 6.14. The zero-order chi connectivity index (χ0) is 18.9. The van der Waals surface area contributed by atoms with E-state index in [1.54, 1.807) is 24.3 Å². The molecule has 128 valence electrons. The molecule has 0 aliphatic rings. The summed E-state index contributed by atoms with van der Waals surface area (Å²) in [6.45, 7) is 0.149. The summed E-state index contributed by atoms with van der Waals surface area (Å²) < 4.78 is 5.25. The number of benzene rings is 2. The van der Waals surface area contributed by atoms with Crippen LogP contribution in [0.4, 0.5) is 5.69 Å². The molecule has 6 heteroatoms. The number of ether oxygens (including phenoxy) is 1. The van der Waals surface area contributed by atoms with E-state index in [-0.39, 0.29) is 23.4 Å². The molecule has 6 nitrogen and oxygen atoms in total. The lowest BCUT2D eigenvalue weighted by Gasteiger charge is -2.06. The van der Waals surface area contributed by atoms with Crippen LogP contribution < -0.4 is 10.1 Å². The molecule has 0 heterocycles. The van der Waals surface area contributed by atoms with Crippen LogP contribution in [0.3, 0.4) is 0 Å². The van der Waals surface area contributed by atoms with Gasteiger partial charge in [0.2, 0.25) is 0 Å². The number of carbonyl (C=O) groups is 2. The number of rotatable bonds is 6. The van der Waals surface area contributed by atoms with Gasteiger partial charge in [-0.25, -0.2) is 4.79 Å². The van der Waals surface area contributed by atoms with E-state index in [1.165, 1.54) is 30.3 Å². The SMILES string of the molecule is C#CCOc1ccc(/C=C(/C#N)C(=O)Nc2cccc(C(=O)O)c2)cc1. The number of carboxylic acid groups (broad SMARTS) is 1. The molecule has 0 spiro atoms. The Balaban J connectivity index is 2.14. The van der Waals surface area contributed by atoms with Gasteiger partial charge in [-0.3, -0.25) is 4.79 Å². The van der Waals surface area contributed by atoms with Crippen molar-refractivity contribution in [3.05, 3.63) is 65.2 Å². The maximum atomic E-state index is 12.2. The van der Waals surface area contributed by atoms with Crippen LogP contribution in [0.1, 0.15) is 15.9 Å². The van der Waals surface area contributed by atoms with Crippen LogP contribution in [-0.4, -0.2) is 23.6 Å². The van der Waals surface area contributed by atoms with Gasteiger partial charge in [-0.05, 0) is 42.0 Å². The van der Waals surface area contributed by atoms with E-state index in [2.05, 4.69) is 11.2 Å². The van der Waals surface area contributed by atoms with E-state index in [0.29, 0.717) is 11.3 Å². The second-order valence-corrected chi connectivity index (χ2v) is 5.07. The van der Waals surface area contributed by atoms with Gasteiger partial charge in [0.25, 0.3) is 5.91 Å². The summed E-state index contributed by atoms with van der Waals surface area (Å²) in [6, 6.07) is 14.3. The highest BCUT2D eigenvalue weighted by Gasteiger charge is 2.11. The molecular formula is C20H14N2O4. The maximum Gasteiger partial charge on any atom is 0.335 e. The Bertz CT molecular complexity index is 932. The van der Waals surface area contributed by atoms with E-state index >= 15 is 0 Å². The molecule has 26 heavy (non-hydrogen) atoms. The van der Waals surface area contributed by atoms with Gasteiger partial charge in [0.1, 0.15) is 24.0 Å². The molecule has 0 aliphatic carbocycles. The van der Waals surface area contributed by atoms with Gasteiger partial charge < -0.3 is 15.2 Å². The van der Waals surface area contributed by atoms with Crippen LogP contribution in [0.25, 0.3) is 6.08 Å². The molecular weight excluding hydrogens is 332 g/mol. The second kappa shape index (κ2) is 8.72. The first-order chi connectivity index (χ1) is 12.5. The van der Waals surface area contributed by atoms with Crippen LogP contribution in [0.15, 0.2) is 54.1 Å². The Morgan fingerprint density at radius 1 is 1.23 bits per heavy atom. The van der Waals surface area contributed by atoms with E-state index in [1.807, 2.05) is 6.07 Å². The van der Waals surface area contributed by atoms with E-state index in [9.17, 15) is 14.9 Å². The third-order valence-electron chi connectivity index (χ3n) is 3.25. The van der Waals surface area contributed by atoms with Crippen molar-refractivity contribution >= 4 is 23.6 Å². The smallest absolute Gasteiger partial charge is 0.335 e. The van der Waals surface area contributed by atoms with Crippen molar-refractivity contribution in [3.8, 4) is 24.2 Å². The quantitative estimate of drug-likeness (QED) is 0.476. The van der Waals surface area contributed by atoms with Crippen molar-refractivity contribution in [3.63, 3.8) is 0 Å². The molecule has 0 atom stereocenters. The molecule has 0 aliphatic heterocycles. The number of hydrogen-bond acceptors (Lipinski definition) is 4. The lowest BCUT2D eigenvalue weighted by Crippen LogP contribution is -2.13. The minimum absolute atomic E-state index is 0.0350. The third-order valence-corrected chi connectivity index (χ3v) is 3.25. The lowest BCUT2D eigenvalue weighted by molar-refractivity contribution is -0.112. The molecule has 0 saturated heterocycles. The molecule has 0 fully saturated rings. The fourth-order valence-electron chi connectivity index (χ4n) is 2.03. The number of amides is 1. The van der Waals surface area contributed by atoms with Crippen LogP contribution in [0.5, 0.6) is 5.75 Å². The molecule has 2 N–H and O–H groups in total. The molecule has 0 unspecified atom stereocenters. The van der Waals surface area contributed by atoms with Crippen molar-refractivity contribution < 1.29 is 19.4 Å². The largest absolute Gasteiger partial charge is 0.481 e. The second-order valence-electron chi connectivity index (χ2n) is 5.07. The molecule has 2 aromatic carbocycles. The summed E-state index contributed by atoms with van der Waals surface area (Å²) in [4.78, 5) is 23.2. The monoisotopic (exact) mass is 346 g/mol. The number of nitriles is 1. The van der Waals surface area contributed by atoms with Gasteiger partial charge in [-0.15, -0.1) is 6.42 Å². The average Bonchev–Trinajstić information content (AvgIpc) is 2.65. The number of terminal acetylenes is 1. The number of hydrogen-bond donors (Lipinski definition) is 2. The van der Waals surface area contributed by atoms with Gasteiger partial charge in [0, 0.05) is 5.69 Å². The third kappa shape index (κ3) is 4.98. The fourth-order valence-corrected chi connectivity index (χ4v) is 2.03. The topological polar surface area (TPSA) is 99.4 Å². The van der Waals surface area contributed by atoms with Gasteiger partial charge in [-0.1, -0.05) is 24.1 Å². The molecule has 2 rings (SSSR count). The van der Waals surface area contributed by atoms with Crippen molar-refractivity contribution in [1.29, 1.82) is 5.26 Å². The minimum Gasteiger partial charge on any atom is -0.481 e. The number of anilines is 1. The predicted molar refractivity (Wildman–Crippen MR) is 96.4 cm³/mol. The first-order valence-electron chi connectivity index (χ1n) is 7.46. The lowest BCUT2D eigenvalue weighted by atomic mass is 10.1. The Morgan fingerprint density at radius 3 is 2.58 bits per heavy atom. The number of nitrogens with one attached hydrogen (secondary N) is 1. The van der Waals surface area contributed by atoms with Gasteiger partial charge in [-0.2, -0.15) is 5.26 Å². The number of carbonyl (C=O) groups excluding carboxylic acids is 1. The van der Waals surface area contributed by atoms with E-state index in [4.69, 9.17) is 16.3 Å². The minimum atomic E-state index is -1.11.